The fourth-order valence-electron chi connectivity index (χ4n) is 1.96. The molecule has 0 unspecified atom stereocenters. The molecular formula is C15H18N4O3. The summed E-state index contributed by atoms with van der Waals surface area (Å²) in [4.78, 5) is 23.5. The highest BCUT2D eigenvalue weighted by atomic mass is 16.5. The number of carbonyl (C=O) groups is 2. The smallest absolute Gasteiger partial charge is 0.360 e. The highest BCUT2D eigenvalue weighted by Gasteiger charge is 2.13. The largest absolute Gasteiger partial charge is 0.461 e. The minimum Gasteiger partial charge on any atom is -0.461 e. The molecule has 1 heterocycles. The summed E-state index contributed by atoms with van der Waals surface area (Å²) < 4.78 is 6.12. The van der Waals surface area contributed by atoms with Crippen LogP contribution in [0.5, 0.6) is 0 Å². The van der Waals surface area contributed by atoms with Crippen LogP contribution in [-0.2, 0) is 22.5 Å². The van der Waals surface area contributed by atoms with Crippen molar-refractivity contribution in [1.82, 2.24) is 15.0 Å². The van der Waals surface area contributed by atoms with Crippen LogP contribution in [0, 0.1) is 0 Å². The molecule has 1 aromatic heterocycles. The van der Waals surface area contributed by atoms with Gasteiger partial charge in [0, 0.05) is 5.69 Å². The lowest BCUT2D eigenvalue weighted by atomic mass is 10.1. The first-order chi connectivity index (χ1) is 10.6. The van der Waals surface area contributed by atoms with Gasteiger partial charge >= 0.3 is 5.97 Å². The highest BCUT2D eigenvalue weighted by Crippen LogP contribution is 2.15. The molecule has 1 aromatic carbocycles. The summed E-state index contributed by atoms with van der Waals surface area (Å²) in [6, 6.07) is 7.60. The van der Waals surface area contributed by atoms with E-state index in [2.05, 4.69) is 15.6 Å². The minimum atomic E-state index is -0.550. The van der Waals surface area contributed by atoms with Crippen molar-refractivity contribution in [3.8, 4) is 0 Å². The van der Waals surface area contributed by atoms with E-state index in [1.54, 1.807) is 6.92 Å². The third kappa shape index (κ3) is 3.91. The van der Waals surface area contributed by atoms with Gasteiger partial charge in [-0.2, -0.15) is 0 Å². The zero-order valence-corrected chi connectivity index (χ0v) is 12.6. The number of ether oxygens (including phenoxy) is 1. The third-order valence-corrected chi connectivity index (χ3v) is 3.00. The molecule has 0 saturated carbocycles. The molecule has 7 heteroatoms. The van der Waals surface area contributed by atoms with E-state index in [0.29, 0.717) is 0 Å². The lowest BCUT2D eigenvalue weighted by Crippen LogP contribution is -2.19. The standard InChI is InChI=1S/C15H18N4O3/c1-3-11-7-5-6-8-12(11)16-14(20)10-19-9-13(17-18-19)15(21)22-4-2/h5-9H,3-4,10H2,1-2H3,(H,16,20). The van der Waals surface area contributed by atoms with Crippen molar-refractivity contribution in [2.45, 2.75) is 26.8 Å². The maximum absolute atomic E-state index is 12.0. The van der Waals surface area contributed by atoms with Crippen molar-refractivity contribution >= 4 is 17.6 Å². The zero-order valence-electron chi connectivity index (χ0n) is 12.6. The fraction of sp³-hybridized carbons (Fsp3) is 0.333. The predicted molar refractivity (Wildman–Crippen MR) is 80.4 cm³/mol. The number of para-hydroxylation sites is 1. The molecule has 0 aliphatic rings. The van der Waals surface area contributed by atoms with Gasteiger partial charge in [0.25, 0.3) is 0 Å². The molecule has 0 radical (unpaired) electrons. The Bertz CT molecular complexity index is 666. The number of benzene rings is 1. The molecular weight excluding hydrogens is 284 g/mol. The van der Waals surface area contributed by atoms with Crippen LogP contribution >= 0.6 is 0 Å². The molecule has 2 aromatic rings. The van der Waals surface area contributed by atoms with E-state index in [1.807, 2.05) is 31.2 Å². The Morgan fingerprint density at radius 1 is 1.27 bits per heavy atom. The molecule has 0 fully saturated rings. The Hall–Kier alpha value is -2.70. The van der Waals surface area contributed by atoms with Crippen molar-refractivity contribution in [3.05, 3.63) is 41.7 Å². The number of amides is 1. The first kappa shape index (κ1) is 15.7. The van der Waals surface area contributed by atoms with Crippen LogP contribution in [0.15, 0.2) is 30.5 Å². The first-order valence-corrected chi connectivity index (χ1v) is 7.09. The van der Waals surface area contributed by atoms with Crippen LogP contribution < -0.4 is 5.32 Å². The molecule has 0 aliphatic carbocycles. The molecule has 0 spiro atoms. The molecule has 0 atom stereocenters. The van der Waals surface area contributed by atoms with Gasteiger partial charge in [-0.1, -0.05) is 30.3 Å². The average molecular weight is 302 g/mol. The number of carbonyl (C=O) groups excluding carboxylic acids is 2. The Morgan fingerprint density at radius 3 is 2.77 bits per heavy atom. The van der Waals surface area contributed by atoms with Crippen molar-refractivity contribution < 1.29 is 14.3 Å². The monoisotopic (exact) mass is 302 g/mol. The van der Waals surface area contributed by atoms with E-state index in [9.17, 15) is 9.59 Å². The highest BCUT2D eigenvalue weighted by molar-refractivity contribution is 5.91. The van der Waals surface area contributed by atoms with Gasteiger partial charge in [-0.15, -0.1) is 5.10 Å². The quantitative estimate of drug-likeness (QED) is 0.820. The van der Waals surface area contributed by atoms with Crippen LogP contribution in [0.1, 0.15) is 29.9 Å². The maximum Gasteiger partial charge on any atom is 0.360 e. The second-order valence-electron chi connectivity index (χ2n) is 4.58. The van der Waals surface area contributed by atoms with E-state index >= 15 is 0 Å². The summed E-state index contributed by atoms with van der Waals surface area (Å²) in [7, 11) is 0. The lowest BCUT2D eigenvalue weighted by molar-refractivity contribution is -0.116. The molecule has 1 N–H and O–H groups in total. The number of esters is 1. The van der Waals surface area contributed by atoms with E-state index in [4.69, 9.17) is 4.74 Å². The van der Waals surface area contributed by atoms with Crippen molar-refractivity contribution in [2.75, 3.05) is 11.9 Å². The van der Waals surface area contributed by atoms with Crippen LogP contribution in [-0.4, -0.2) is 33.5 Å². The predicted octanol–water partition coefficient (Wildman–Crippen LogP) is 1.66. The van der Waals surface area contributed by atoms with Crippen LogP contribution in [0.25, 0.3) is 0 Å². The number of aromatic nitrogens is 3. The second-order valence-corrected chi connectivity index (χ2v) is 4.58. The Balaban J connectivity index is 1.99. The molecule has 7 nitrogen and oxygen atoms in total. The van der Waals surface area contributed by atoms with Crippen LogP contribution in [0.4, 0.5) is 5.69 Å². The van der Waals surface area contributed by atoms with Gasteiger partial charge < -0.3 is 10.1 Å². The van der Waals surface area contributed by atoms with Crippen molar-refractivity contribution in [3.63, 3.8) is 0 Å². The summed E-state index contributed by atoms with van der Waals surface area (Å²) in [5, 5.41) is 10.3. The molecule has 0 bridgehead atoms. The number of hydrogen-bond donors (Lipinski definition) is 1. The van der Waals surface area contributed by atoms with Crippen LogP contribution in [0.3, 0.4) is 0 Å². The van der Waals surface area contributed by atoms with Crippen LogP contribution in [0.2, 0.25) is 0 Å². The Morgan fingerprint density at radius 2 is 2.05 bits per heavy atom. The summed E-state index contributed by atoms with van der Waals surface area (Å²) in [5.41, 5.74) is 1.92. The molecule has 2 rings (SSSR count). The number of anilines is 1. The maximum atomic E-state index is 12.0. The van der Waals surface area contributed by atoms with E-state index < -0.39 is 5.97 Å². The SMILES string of the molecule is CCOC(=O)c1cn(CC(=O)Nc2ccccc2CC)nn1. The van der Waals surface area contributed by atoms with E-state index in [-0.39, 0.29) is 24.8 Å². The number of nitrogens with zero attached hydrogens (tertiary/aromatic N) is 3. The minimum absolute atomic E-state index is 0.0234. The van der Waals surface area contributed by atoms with Gasteiger partial charge in [-0.05, 0) is 25.0 Å². The molecule has 22 heavy (non-hydrogen) atoms. The van der Waals surface area contributed by atoms with Crippen molar-refractivity contribution in [1.29, 1.82) is 0 Å². The number of nitrogens with one attached hydrogen (secondary N) is 1. The summed E-state index contributed by atoms with van der Waals surface area (Å²) in [5.74, 6) is -0.785. The van der Waals surface area contributed by atoms with E-state index in [0.717, 1.165) is 17.7 Å². The molecule has 116 valence electrons. The van der Waals surface area contributed by atoms with E-state index in [1.165, 1.54) is 10.9 Å². The van der Waals surface area contributed by atoms with Gasteiger partial charge in [-0.3, -0.25) is 4.79 Å². The number of rotatable bonds is 6. The summed E-state index contributed by atoms with van der Waals surface area (Å²) >= 11 is 0. The van der Waals surface area contributed by atoms with Gasteiger partial charge in [0.05, 0.1) is 12.8 Å². The number of hydrogen-bond acceptors (Lipinski definition) is 5. The normalized spacial score (nSPS) is 10.3. The average Bonchev–Trinajstić information content (AvgIpc) is 2.96. The second kappa shape index (κ2) is 7.35. The zero-order chi connectivity index (χ0) is 15.9. The summed E-state index contributed by atoms with van der Waals surface area (Å²) in [6.07, 6.45) is 2.22. The fourth-order valence-corrected chi connectivity index (χ4v) is 1.96. The topological polar surface area (TPSA) is 86.1 Å². The molecule has 1 amide bonds. The Labute approximate surface area is 128 Å². The molecule has 0 aliphatic heterocycles. The van der Waals surface area contributed by atoms with Gasteiger partial charge in [0.1, 0.15) is 6.54 Å². The van der Waals surface area contributed by atoms with Gasteiger partial charge in [0.15, 0.2) is 5.69 Å². The molecule has 0 saturated heterocycles. The Kier molecular flexibility index (Phi) is 5.24. The van der Waals surface area contributed by atoms with Gasteiger partial charge in [-0.25, -0.2) is 9.48 Å². The number of aryl methyl sites for hydroxylation is 1. The summed E-state index contributed by atoms with van der Waals surface area (Å²) in [6.45, 7) is 3.97. The van der Waals surface area contributed by atoms with Gasteiger partial charge in [0.2, 0.25) is 5.91 Å². The third-order valence-electron chi connectivity index (χ3n) is 3.00. The first-order valence-electron chi connectivity index (χ1n) is 7.09. The lowest BCUT2D eigenvalue weighted by Gasteiger charge is -2.09. The van der Waals surface area contributed by atoms with Crippen molar-refractivity contribution in [2.24, 2.45) is 0 Å².